The zero-order chi connectivity index (χ0) is 12.6. The third-order valence-electron chi connectivity index (χ3n) is 1.34. The van der Waals surface area contributed by atoms with Gasteiger partial charge < -0.3 is 11.5 Å². The Labute approximate surface area is 91.1 Å². The monoisotopic (exact) mass is 228 g/mol. The fraction of sp³-hybridized carbons (Fsp3) is 0.500. The van der Waals surface area contributed by atoms with Crippen molar-refractivity contribution in [2.24, 2.45) is 21.7 Å². The molecule has 0 heterocycles. The molecule has 0 aliphatic heterocycles. The quantitative estimate of drug-likeness (QED) is 0.377. The van der Waals surface area contributed by atoms with Crippen LogP contribution < -0.4 is 11.5 Å². The first-order valence-corrected chi connectivity index (χ1v) is 4.35. The molecule has 8 heteroatoms. The van der Waals surface area contributed by atoms with Crippen molar-refractivity contribution in [1.29, 1.82) is 0 Å². The van der Waals surface area contributed by atoms with Crippen LogP contribution in [0.4, 0.5) is 0 Å². The molecule has 0 aliphatic carbocycles. The first-order chi connectivity index (χ1) is 7.41. The lowest BCUT2D eigenvalue weighted by atomic mass is 10.3. The van der Waals surface area contributed by atoms with Crippen LogP contribution in [0.3, 0.4) is 0 Å². The highest BCUT2D eigenvalue weighted by Crippen LogP contribution is 1.87. The second-order valence-corrected chi connectivity index (χ2v) is 2.96. The fourth-order valence-corrected chi connectivity index (χ4v) is 0.758. The highest BCUT2D eigenvalue weighted by molar-refractivity contribution is 5.98. The molecule has 0 aromatic heterocycles. The number of primary amides is 2. The molecule has 0 fully saturated rings. The van der Waals surface area contributed by atoms with Gasteiger partial charge in [0.2, 0.25) is 11.8 Å². The maximum Gasteiger partial charge on any atom is 0.224 e. The molecule has 8 nitrogen and oxygen atoms in total. The Morgan fingerprint density at radius 2 is 1.06 bits per heavy atom. The number of nitrogens with two attached hydrogens (primary N) is 2. The molecule has 0 aromatic rings. The van der Waals surface area contributed by atoms with Gasteiger partial charge >= 0.3 is 0 Å². The number of Topliss-reactive ketones (excluding diaryl/α,β-unsaturated/α-hetero) is 2. The van der Waals surface area contributed by atoms with Gasteiger partial charge in [-0.1, -0.05) is 0 Å². The predicted octanol–water partition coefficient (Wildman–Crippen LogP) is -1.67. The molecule has 2 amide bonds. The van der Waals surface area contributed by atoms with Crippen LogP contribution in [0, 0.1) is 0 Å². The molecule has 0 aromatic carbocycles. The van der Waals surface area contributed by atoms with Crippen molar-refractivity contribution in [3.8, 4) is 0 Å². The SMILES string of the molecule is NC(=O)CC(=O)CN=NCC(=O)CC(N)=O. The van der Waals surface area contributed by atoms with E-state index >= 15 is 0 Å². The lowest BCUT2D eigenvalue weighted by molar-refractivity contribution is -0.127. The van der Waals surface area contributed by atoms with Gasteiger partial charge in [0.05, 0.1) is 12.8 Å². The van der Waals surface area contributed by atoms with Crippen molar-refractivity contribution >= 4 is 23.4 Å². The molecule has 0 radical (unpaired) electrons. The van der Waals surface area contributed by atoms with Gasteiger partial charge in [0, 0.05) is 0 Å². The zero-order valence-corrected chi connectivity index (χ0v) is 8.51. The molecule has 16 heavy (non-hydrogen) atoms. The van der Waals surface area contributed by atoms with Gasteiger partial charge in [0.1, 0.15) is 13.1 Å². The van der Waals surface area contributed by atoms with Gasteiger partial charge in [-0.2, -0.15) is 10.2 Å². The molecule has 0 unspecified atom stereocenters. The number of hydrogen-bond acceptors (Lipinski definition) is 6. The van der Waals surface area contributed by atoms with Crippen LogP contribution in [0.5, 0.6) is 0 Å². The van der Waals surface area contributed by atoms with E-state index in [2.05, 4.69) is 10.2 Å². The van der Waals surface area contributed by atoms with Crippen LogP contribution >= 0.6 is 0 Å². The summed E-state index contributed by atoms with van der Waals surface area (Å²) >= 11 is 0. The molecule has 0 bridgehead atoms. The van der Waals surface area contributed by atoms with Crippen LogP contribution in [-0.2, 0) is 19.2 Å². The van der Waals surface area contributed by atoms with E-state index in [1.54, 1.807) is 0 Å². The molecule has 0 saturated carbocycles. The number of carbonyl (C=O) groups excluding carboxylic acids is 4. The van der Waals surface area contributed by atoms with E-state index in [4.69, 9.17) is 11.5 Å². The van der Waals surface area contributed by atoms with Crippen molar-refractivity contribution in [2.45, 2.75) is 12.8 Å². The number of ketones is 2. The number of amides is 2. The third-order valence-corrected chi connectivity index (χ3v) is 1.34. The smallest absolute Gasteiger partial charge is 0.224 e. The van der Waals surface area contributed by atoms with Crippen LogP contribution in [0.1, 0.15) is 12.8 Å². The highest BCUT2D eigenvalue weighted by Gasteiger charge is 2.06. The van der Waals surface area contributed by atoms with Gasteiger partial charge in [-0.25, -0.2) is 0 Å². The summed E-state index contributed by atoms with van der Waals surface area (Å²) in [6, 6.07) is 0. The fourth-order valence-electron chi connectivity index (χ4n) is 0.758. The highest BCUT2D eigenvalue weighted by atomic mass is 16.2. The minimum absolute atomic E-state index is 0.313. The third kappa shape index (κ3) is 8.48. The van der Waals surface area contributed by atoms with E-state index in [9.17, 15) is 19.2 Å². The molecule has 0 rings (SSSR count). The Bertz CT molecular complexity index is 305. The summed E-state index contributed by atoms with van der Waals surface area (Å²) in [5.41, 5.74) is 9.53. The molecule has 88 valence electrons. The first kappa shape index (κ1) is 13.9. The van der Waals surface area contributed by atoms with Gasteiger partial charge in [0.25, 0.3) is 0 Å². The maximum atomic E-state index is 10.9. The maximum absolute atomic E-state index is 10.9. The Morgan fingerprint density at radius 3 is 1.31 bits per heavy atom. The second kappa shape index (κ2) is 7.21. The summed E-state index contributed by atoms with van der Waals surface area (Å²) in [7, 11) is 0. The minimum Gasteiger partial charge on any atom is -0.369 e. The largest absolute Gasteiger partial charge is 0.369 e. The number of hydrogen-bond donors (Lipinski definition) is 2. The molecular formula is C8H12N4O4. The van der Waals surface area contributed by atoms with Gasteiger partial charge in [-0.05, 0) is 0 Å². The summed E-state index contributed by atoms with van der Waals surface area (Å²) in [5, 5.41) is 6.73. The Balaban J connectivity index is 3.77. The van der Waals surface area contributed by atoms with Crippen molar-refractivity contribution in [3.63, 3.8) is 0 Å². The van der Waals surface area contributed by atoms with Crippen molar-refractivity contribution in [3.05, 3.63) is 0 Å². The predicted molar refractivity (Wildman–Crippen MR) is 52.2 cm³/mol. The summed E-state index contributed by atoms with van der Waals surface area (Å²) in [6.07, 6.45) is -0.817. The van der Waals surface area contributed by atoms with E-state index in [0.717, 1.165) is 0 Å². The first-order valence-electron chi connectivity index (χ1n) is 4.35. The lowest BCUT2D eigenvalue weighted by Crippen LogP contribution is -2.18. The zero-order valence-electron chi connectivity index (χ0n) is 8.51. The van der Waals surface area contributed by atoms with Crippen molar-refractivity contribution < 1.29 is 19.2 Å². The van der Waals surface area contributed by atoms with E-state index in [0.29, 0.717) is 0 Å². The summed E-state index contributed by atoms with van der Waals surface area (Å²) in [6.45, 7) is -0.625. The average Bonchev–Trinajstić information content (AvgIpc) is 2.10. The number of carbonyl (C=O) groups is 4. The van der Waals surface area contributed by atoms with E-state index in [-0.39, 0.29) is 13.1 Å². The van der Waals surface area contributed by atoms with Crippen LogP contribution in [0.15, 0.2) is 10.2 Å². The number of nitrogens with zero attached hydrogens (tertiary/aromatic N) is 2. The van der Waals surface area contributed by atoms with E-state index in [1.807, 2.05) is 0 Å². The summed E-state index contributed by atoms with van der Waals surface area (Å²) in [4.78, 5) is 42.3. The van der Waals surface area contributed by atoms with Crippen LogP contribution in [-0.4, -0.2) is 36.5 Å². The van der Waals surface area contributed by atoms with Gasteiger partial charge in [0.15, 0.2) is 11.6 Å². The number of azo groups is 1. The standard InChI is InChI=1S/C8H12N4O4/c9-7(15)1-5(13)3-11-12-4-6(14)2-8(10)16/h1-4H2,(H2,9,15)(H2,10,16). The molecule has 0 atom stereocenters. The number of rotatable bonds is 8. The average molecular weight is 228 g/mol. The summed E-state index contributed by atoms with van der Waals surface area (Å²) in [5.74, 6) is -2.47. The molecule has 0 saturated heterocycles. The van der Waals surface area contributed by atoms with E-state index in [1.165, 1.54) is 0 Å². The van der Waals surface area contributed by atoms with Crippen LogP contribution in [0.25, 0.3) is 0 Å². The van der Waals surface area contributed by atoms with Crippen molar-refractivity contribution in [1.82, 2.24) is 0 Å². The molecular weight excluding hydrogens is 216 g/mol. The molecule has 0 aliphatic rings. The minimum atomic E-state index is -0.745. The Morgan fingerprint density at radius 1 is 0.750 bits per heavy atom. The second-order valence-electron chi connectivity index (χ2n) is 2.96. The van der Waals surface area contributed by atoms with Crippen molar-refractivity contribution in [2.75, 3.05) is 13.1 Å². The topological polar surface area (TPSA) is 145 Å². The van der Waals surface area contributed by atoms with Gasteiger partial charge in [-0.15, -0.1) is 0 Å². The summed E-state index contributed by atoms with van der Waals surface area (Å²) < 4.78 is 0. The Hall–Kier alpha value is -2.12. The normalized spacial score (nSPS) is 10.2. The molecule has 4 N–H and O–H groups in total. The Kier molecular flexibility index (Phi) is 6.25. The van der Waals surface area contributed by atoms with Gasteiger partial charge in [-0.3, -0.25) is 19.2 Å². The van der Waals surface area contributed by atoms with E-state index < -0.39 is 36.2 Å². The molecule has 0 spiro atoms. The lowest BCUT2D eigenvalue weighted by Gasteiger charge is -1.92. The van der Waals surface area contributed by atoms with Crippen LogP contribution in [0.2, 0.25) is 0 Å².